The molecule has 0 atom stereocenters. The second kappa shape index (κ2) is 22.4. The predicted molar refractivity (Wildman–Crippen MR) is 21.6 cm³/mol. The normalized spacial score (nSPS) is 4.36. The van der Waals surface area contributed by atoms with E-state index in [2.05, 4.69) is 0 Å². The zero-order valence-electron chi connectivity index (χ0n) is 5.57. The third kappa shape index (κ3) is 4970. The Bertz CT molecular complexity index is 78.6. The van der Waals surface area contributed by atoms with Crippen LogP contribution < -0.4 is 26.6 Å². The molecule has 9 heteroatoms. The van der Waals surface area contributed by atoms with E-state index in [1.807, 2.05) is 0 Å². The van der Waals surface area contributed by atoms with Crippen LogP contribution in [0.15, 0.2) is 0 Å². The fourth-order valence-electron chi connectivity index (χ4n) is 0. The Morgan fingerprint density at radius 2 is 0.818 bits per heavy atom. The molecule has 0 saturated carbocycles. The summed E-state index contributed by atoms with van der Waals surface area (Å²) in [5.41, 5.74) is 0. The summed E-state index contributed by atoms with van der Waals surface area (Å²) < 4.78 is 0. The molecule has 0 aromatic rings. The molecule has 0 aliphatic carbocycles. The van der Waals surface area contributed by atoms with Gasteiger partial charge in [0, 0.05) is 0 Å². The number of hydrogen-bond acceptors (Lipinski definition) is 7. The SMILES string of the molecule is N.O=C([O-])[O-].O=C([O-])[O-].[Ca+2].[Zn+2]. The van der Waals surface area contributed by atoms with Crippen molar-refractivity contribution in [2.24, 2.45) is 0 Å². The van der Waals surface area contributed by atoms with Crippen LogP contribution in [0.25, 0.3) is 0 Å². The van der Waals surface area contributed by atoms with E-state index in [1.165, 1.54) is 0 Å². The molecule has 0 unspecified atom stereocenters. The smallest absolute Gasteiger partial charge is 0.652 e. The summed E-state index contributed by atoms with van der Waals surface area (Å²) in [7, 11) is 0. The summed E-state index contributed by atoms with van der Waals surface area (Å²) in [6.45, 7) is 0. The maximum Gasteiger partial charge on any atom is 2.00 e. The van der Waals surface area contributed by atoms with Gasteiger partial charge in [-0.05, 0) is 12.3 Å². The zero-order chi connectivity index (χ0) is 7.15. The third-order valence-electron chi connectivity index (χ3n) is 0. The summed E-state index contributed by atoms with van der Waals surface area (Å²) >= 11 is 0. The topological polar surface area (TPSA) is 161 Å². The van der Waals surface area contributed by atoms with Gasteiger partial charge >= 0.3 is 57.2 Å². The Balaban J connectivity index is -0.0000000171. The molecule has 0 amide bonds. The molecule has 3 N–H and O–H groups in total. The van der Waals surface area contributed by atoms with E-state index in [9.17, 15) is 0 Å². The first kappa shape index (κ1) is 30.1. The molecule has 7 nitrogen and oxygen atoms in total. The molecular formula is C2H3CaNO6Zn. The molecule has 0 aliphatic heterocycles. The molecule has 11 heavy (non-hydrogen) atoms. The number of hydrogen-bond donors (Lipinski definition) is 1. The Morgan fingerprint density at radius 3 is 0.818 bits per heavy atom. The first-order valence-electron chi connectivity index (χ1n) is 1.22. The molecule has 0 spiro atoms. The van der Waals surface area contributed by atoms with Gasteiger partial charge < -0.3 is 36.2 Å². The molecule has 0 rings (SSSR count). The van der Waals surface area contributed by atoms with Crippen molar-refractivity contribution < 1.29 is 49.5 Å². The fraction of sp³-hybridized carbons (Fsp3) is 0. The van der Waals surface area contributed by atoms with Crippen molar-refractivity contribution in [1.29, 1.82) is 0 Å². The first-order valence-corrected chi connectivity index (χ1v) is 1.22. The predicted octanol–water partition coefficient (Wildman–Crippen LogP) is -5.12. The van der Waals surface area contributed by atoms with Gasteiger partial charge in [0.05, 0.1) is 0 Å². The number of carbonyl (C=O) groups is 2. The molecule has 0 radical (unpaired) electrons. The van der Waals surface area contributed by atoms with Crippen LogP contribution in [-0.2, 0) is 19.5 Å². The number of carbonyl (C=O) groups excluding carboxylic acids is 2. The molecule has 0 saturated heterocycles. The molecule has 56 valence electrons. The van der Waals surface area contributed by atoms with Gasteiger partial charge in [-0.3, -0.25) is 0 Å². The Kier molecular flexibility index (Phi) is 61.4. The third-order valence-corrected chi connectivity index (χ3v) is 0. The van der Waals surface area contributed by atoms with Crippen LogP contribution in [0.3, 0.4) is 0 Å². The summed E-state index contributed by atoms with van der Waals surface area (Å²) in [6.07, 6.45) is -4.67. The van der Waals surface area contributed by atoms with E-state index in [1.54, 1.807) is 0 Å². The second-order valence-electron chi connectivity index (χ2n) is 0.500. The van der Waals surface area contributed by atoms with Crippen molar-refractivity contribution >= 4 is 50.0 Å². The van der Waals surface area contributed by atoms with Crippen LogP contribution >= 0.6 is 0 Å². The van der Waals surface area contributed by atoms with Gasteiger partial charge in [0.1, 0.15) is 0 Å². The Labute approximate surface area is 105 Å². The average molecular weight is 243 g/mol. The maximum absolute atomic E-state index is 8.33. The molecule has 0 fully saturated rings. The van der Waals surface area contributed by atoms with Crippen LogP contribution in [0.5, 0.6) is 0 Å². The van der Waals surface area contributed by atoms with Gasteiger partial charge in [-0.25, -0.2) is 0 Å². The van der Waals surface area contributed by atoms with Crippen molar-refractivity contribution in [3.05, 3.63) is 0 Å². The summed E-state index contributed by atoms with van der Waals surface area (Å²) in [5.74, 6) is 0. The number of rotatable bonds is 0. The minimum Gasteiger partial charge on any atom is -0.652 e. The quantitative estimate of drug-likeness (QED) is 0.415. The summed E-state index contributed by atoms with van der Waals surface area (Å²) in [5, 5.41) is 33.3. The van der Waals surface area contributed by atoms with Crippen LogP contribution in [-0.4, -0.2) is 50.0 Å². The van der Waals surface area contributed by atoms with Crippen molar-refractivity contribution in [1.82, 2.24) is 6.15 Å². The molecule has 0 heterocycles. The van der Waals surface area contributed by atoms with E-state index < -0.39 is 12.3 Å². The largest absolute Gasteiger partial charge is 2.00 e. The average Bonchev–Trinajstić information content (AvgIpc) is 1.25. The van der Waals surface area contributed by atoms with Crippen molar-refractivity contribution in [2.45, 2.75) is 0 Å². The van der Waals surface area contributed by atoms with Gasteiger partial charge in [0.2, 0.25) is 0 Å². The molecular weight excluding hydrogens is 239 g/mol. The molecule has 0 bridgehead atoms. The summed E-state index contributed by atoms with van der Waals surface area (Å²) in [4.78, 5) is 16.7. The Morgan fingerprint density at radius 1 is 0.818 bits per heavy atom. The molecule has 0 aromatic carbocycles. The van der Waals surface area contributed by atoms with Gasteiger partial charge in [-0.15, -0.1) is 0 Å². The summed E-state index contributed by atoms with van der Waals surface area (Å²) in [6, 6.07) is 0. The monoisotopic (exact) mass is 241 g/mol. The van der Waals surface area contributed by atoms with Crippen LogP contribution in [0.1, 0.15) is 0 Å². The van der Waals surface area contributed by atoms with Gasteiger partial charge in [-0.2, -0.15) is 0 Å². The van der Waals surface area contributed by atoms with Crippen molar-refractivity contribution in [2.75, 3.05) is 0 Å². The van der Waals surface area contributed by atoms with E-state index in [-0.39, 0.29) is 63.4 Å². The van der Waals surface area contributed by atoms with Crippen molar-refractivity contribution in [3.8, 4) is 0 Å². The van der Waals surface area contributed by atoms with E-state index >= 15 is 0 Å². The Hall–Kier alpha value is 0.383. The minimum atomic E-state index is -2.33. The molecule has 0 aromatic heterocycles. The molecule has 0 aliphatic rings. The maximum atomic E-state index is 8.33. The minimum absolute atomic E-state index is 0. The van der Waals surface area contributed by atoms with Crippen LogP contribution in [0.2, 0.25) is 0 Å². The second-order valence-corrected chi connectivity index (χ2v) is 0.500. The standard InChI is InChI=1S/2CH2O3.Ca.H3N.Zn/c2*2-1(3)4;;;/h2*(H2,2,3,4);;1H3;/q;;+2;;+2/p-4. The zero-order valence-corrected chi connectivity index (χ0v) is 10.7. The first-order chi connectivity index (χ1) is 3.46. The van der Waals surface area contributed by atoms with Crippen LogP contribution in [0.4, 0.5) is 9.59 Å². The van der Waals surface area contributed by atoms with Gasteiger partial charge in [0.15, 0.2) is 0 Å². The van der Waals surface area contributed by atoms with E-state index in [0.29, 0.717) is 0 Å². The van der Waals surface area contributed by atoms with E-state index in [4.69, 9.17) is 30.0 Å². The van der Waals surface area contributed by atoms with Crippen molar-refractivity contribution in [3.63, 3.8) is 0 Å². The van der Waals surface area contributed by atoms with Crippen LogP contribution in [0, 0.1) is 0 Å². The fourth-order valence-corrected chi connectivity index (χ4v) is 0. The van der Waals surface area contributed by atoms with Gasteiger partial charge in [-0.1, -0.05) is 0 Å². The number of carboxylic acid groups (broad SMARTS) is 4. The van der Waals surface area contributed by atoms with E-state index in [0.717, 1.165) is 0 Å². The van der Waals surface area contributed by atoms with Gasteiger partial charge in [0.25, 0.3) is 0 Å².